The zero-order valence-electron chi connectivity index (χ0n) is 9.36. The Morgan fingerprint density at radius 1 is 1.40 bits per heavy atom. The molecule has 0 bridgehead atoms. The quantitative estimate of drug-likeness (QED) is 0.431. The molecule has 0 atom stereocenters. The van der Waals surface area contributed by atoms with E-state index in [2.05, 4.69) is 6.58 Å². The number of rotatable bonds is 3. The van der Waals surface area contributed by atoms with E-state index in [1.54, 1.807) is 14.1 Å². The summed E-state index contributed by atoms with van der Waals surface area (Å²) in [6.45, 7) is 5.61. The summed E-state index contributed by atoms with van der Waals surface area (Å²) in [5.41, 5.74) is 0.544. The van der Waals surface area contributed by atoms with Crippen molar-refractivity contribution < 1.29 is 9.90 Å². The van der Waals surface area contributed by atoms with Gasteiger partial charge in [-0.15, -0.1) is 0 Å². The molecule has 0 aromatic rings. The highest BCUT2D eigenvalue weighted by atomic mass is 16.3. The van der Waals surface area contributed by atoms with Gasteiger partial charge in [-0.1, -0.05) is 6.58 Å². The van der Waals surface area contributed by atoms with Gasteiger partial charge in [-0.3, -0.25) is 4.79 Å². The van der Waals surface area contributed by atoms with Crippen LogP contribution in [0.5, 0.6) is 0 Å². The molecule has 4 nitrogen and oxygen atoms in total. The lowest BCUT2D eigenvalue weighted by Crippen LogP contribution is -2.22. The molecule has 1 heterocycles. The number of aliphatic hydroxyl groups is 1. The lowest BCUT2D eigenvalue weighted by atomic mass is 10.3. The normalized spacial score (nSPS) is 16.7. The van der Waals surface area contributed by atoms with E-state index in [0.717, 1.165) is 25.9 Å². The Morgan fingerprint density at radius 3 is 2.40 bits per heavy atom. The Hall–Kier alpha value is -1.45. The van der Waals surface area contributed by atoms with Crippen LogP contribution in [0, 0.1) is 0 Å². The maximum absolute atomic E-state index is 11.3. The van der Waals surface area contributed by atoms with Crippen molar-refractivity contribution in [1.82, 2.24) is 9.80 Å². The second-order valence-corrected chi connectivity index (χ2v) is 3.90. The van der Waals surface area contributed by atoms with Gasteiger partial charge in [-0.25, -0.2) is 0 Å². The van der Waals surface area contributed by atoms with Crippen LogP contribution in [0.1, 0.15) is 12.8 Å². The standard InChI is InChI=1S/C11H18N2O2/c1-9(13-6-4-5-7-13)10(14)8-11(15)12(2)3/h8,14H,1,4-7H2,2-3H3. The summed E-state index contributed by atoms with van der Waals surface area (Å²) in [7, 11) is 3.29. The fourth-order valence-corrected chi connectivity index (χ4v) is 1.48. The molecule has 0 aromatic carbocycles. The Kier molecular flexibility index (Phi) is 3.77. The SMILES string of the molecule is C=C(C(O)=CC(=O)N(C)C)N1CCCC1. The van der Waals surface area contributed by atoms with Gasteiger partial charge in [0.1, 0.15) is 5.76 Å². The van der Waals surface area contributed by atoms with Gasteiger partial charge in [0.05, 0.1) is 5.70 Å². The highest BCUT2D eigenvalue weighted by Crippen LogP contribution is 2.17. The first-order chi connectivity index (χ1) is 7.02. The largest absolute Gasteiger partial charge is 0.506 e. The van der Waals surface area contributed by atoms with Gasteiger partial charge in [-0.05, 0) is 12.8 Å². The van der Waals surface area contributed by atoms with E-state index in [1.807, 2.05) is 4.90 Å². The Labute approximate surface area is 90.5 Å². The number of hydrogen-bond donors (Lipinski definition) is 1. The lowest BCUT2D eigenvalue weighted by molar-refractivity contribution is -0.123. The fraction of sp³-hybridized carbons (Fsp3) is 0.545. The Balaban J connectivity index is 2.62. The number of hydrogen-bond acceptors (Lipinski definition) is 3. The van der Waals surface area contributed by atoms with Crippen LogP contribution in [-0.4, -0.2) is 48.0 Å². The summed E-state index contributed by atoms with van der Waals surface area (Å²) >= 11 is 0. The predicted octanol–water partition coefficient (Wildman–Crippen LogP) is 1.13. The third-order valence-electron chi connectivity index (χ3n) is 2.48. The molecule has 0 aliphatic carbocycles. The summed E-state index contributed by atoms with van der Waals surface area (Å²) in [4.78, 5) is 14.7. The molecule has 0 aromatic heterocycles. The number of amides is 1. The molecule has 1 amide bonds. The van der Waals surface area contributed by atoms with Gasteiger partial charge in [0.15, 0.2) is 0 Å². The first kappa shape index (κ1) is 11.6. The van der Waals surface area contributed by atoms with E-state index in [1.165, 1.54) is 11.0 Å². The molecular weight excluding hydrogens is 192 g/mol. The number of likely N-dealkylation sites (tertiary alicyclic amines) is 1. The molecule has 1 rings (SSSR count). The molecule has 0 saturated carbocycles. The smallest absolute Gasteiger partial charge is 0.249 e. The fourth-order valence-electron chi connectivity index (χ4n) is 1.48. The zero-order chi connectivity index (χ0) is 11.4. The van der Waals surface area contributed by atoms with Gasteiger partial charge >= 0.3 is 0 Å². The third-order valence-corrected chi connectivity index (χ3v) is 2.48. The van der Waals surface area contributed by atoms with Gasteiger partial charge in [0, 0.05) is 33.3 Å². The lowest BCUT2D eigenvalue weighted by Gasteiger charge is -2.19. The van der Waals surface area contributed by atoms with E-state index in [0.29, 0.717) is 5.70 Å². The Bertz CT molecular complexity index is 289. The molecule has 1 aliphatic rings. The topological polar surface area (TPSA) is 43.8 Å². The van der Waals surface area contributed by atoms with Gasteiger partial charge < -0.3 is 14.9 Å². The van der Waals surface area contributed by atoms with Crippen LogP contribution < -0.4 is 0 Å². The molecule has 1 aliphatic heterocycles. The van der Waals surface area contributed by atoms with Crippen LogP contribution in [0.3, 0.4) is 0 Å². The monoisotopic (exact) mass is 210 g/mol. The van der Waals surface area contributed by atoms with Crippen molar-refractivity contribution in [3.63, 3.8) is 0 Å². The van der Waals surface area contributed by atoms with Gasteiger partial charge in [0.2, 0.25) is 5.91 Å². The summed E-state index contributed by atoms with van der Waals surface area (Å²) < 4.78 is 0. The van der Waals surface area contributed by atoms with Crippen LogP contribution in [0.25, 0.3) is 0 Å². The number of aliphatic hydroxyl groups excluding tert-OH is 1. The molecule has 84 valence electrons. The number of likely N-dealkylation sites (N-methyl/N-ethyl adjacent to an activating group) is 1. The molecule has 0 unspecified atom stereocenters. The highest BCUT2D eigenvalue weighted by molar-refractivity contribution is 5.88. The van der Waals surface area contributed by atoms with Crippen LogP contribution in [0.15, 0.2) is 24.1 Å². The first-order valence-electron chi connectivity index (χ1n) is 5.08. The molecule has 1 fully saturated rings. The number of nitrogens with zero attached hydrogens (tertiary/aromatic N) is 2. The number of carbonyl (C=O) groups is 1. The highest BCUT2D eigenvalue weighted by Gasteiger charge is 2.16. The molecule has 15 heavy (non-hydrogen) atoms. The second-order valence-electron chi connectivity index (χ2n) is 3.90. The van der Waals surface area contributed by atoms with Crippen LogP contribution in [0.2, 0.25) is 0 Å². The summed E-state index contributed by atoms with van der Waals surface area (Å²) in [5, 5.41) is 9.67. The maximum atomic E-state index is 11.3. The van der Waals surface area contributed by atoms with Crippen molar-refractivity contribution in [2.45, 2.75) is 12.8 Å². The predicted molar refractivity (Wildman–Crippen MR) is 59.4 cm³/mol. The minimum absolute atomic E-state index is 0.0319. The minimum atomic E-state index is -0.229. The van der Waals surface area contributed by atoms with Crippen molar-refractivity contribution in [2.24, 2.45) is 0 Å². The molecule has 1 saturated heterocycles. The van der Waals surface area contributed by atoms with Crippen molar-refractivity contribution in [3.05, 3.63) is 24.1 Å². The van der Waals surface area contributed by atoms with E-state index in [4.69, 9.17) is 0 Å². The molecule has 0 spiro atoms. The van der Waals surface area contributed by atoms with Crippen molar-refractivity contribution >= 4 is 5.91 Å². The molecule has 4 heteroatoms. The summed E-state index contributed by atoms with van der Waals surface area (Å²) in [6, 6.07) is 0. The van der Waals surface area contributed by atoms with Crippen LogP contribution >= 0.6 is 0 Å². The van der Waals surface area contributed by atoms with Gasteiger partial charge in [-0.2, -0.15) is 0 Å². The van der Waals surface area contributed by atoms with E-state index in [9.17, 15) is 9.90 Å². The minimum Gasteiger partial charge on any atom is -0.506 e. The zero-order valence-corrected chi connectivity index (χ0v) is 9.36. The molecular formula is C11H18N2O2. The van der Waals surface area contributed by atoms with E-state index < -0.39 is 0 Å². The van der Waals surface area contributed by atoms with Crippen LogP contribution in [0.4, 0.5) is 0 Å². The number of carbonyl (C=O) groups excluding carboxylic acids is 1. The van der Waals surface area contributed by atoms with E-state index >= 15 is 0 Å². The second kappa shape index (κ2) is 4.87. The summed E-state index contributed by atoms with van der Waals surface area (Å²) in [6.07, 6.45) is 3.45. The van der Waals surface area contributed by atoms with Crippen molar-refractivity contribution in [1.29, 1.82) is 0 Å². The molecule has 0 radical (unpaired) electrons. The Morgan fingerprint density at radius 2 is 1.93 bits per heavy atom. The van der Waals surface area contributed by atoms with Crippen LogP contribution in [-0.2, 0) is 4.79 Å². The van der Waals surface area contributed by atoms with Crippen molar-refractivity contribution in [3.8, 4) is 0 Å². The summed E-state index contributed by atoms with van der Waals surface area (Å²) in [5.74, 6) is -0.261. The maximum Gasteiger partial charge on any atom is 0.249 e. The van der Waals surface area contributed by atoms with E-state index in [-0.39, 0.29) is 11.7 Å². The van der Waals surface area contributed by atoms with Crippen molar-refractivity contribution in [2.75, 3.05) is 27.2 Å². The molecule has 1 N–H and O–H groups in total. The first-order valence-corrected chi connectivity index (χ1v) is 5.08. The average molecular weight is 210 g/mol. The third kappa shape index (κ3) is 3.01. The average Bonchev–Trinajstić information content (AvgIpc) is 2.68. The van der Waals surface area contributed by atoms with Gasteiger partial charge in [0.25, 0.3) is 0 Å².